The molecule has 14 heteroatoms. The fourth-order valence-electron chi connectivity index (χ4n) is 3.19. The Morgan fingerprint density at radius 3 is 2.52 bits per heavy atom. The van der Waals surface area contributed by atoms with Crippen molar-refractivity contribution in [2.24, 2.45) is 13.0 Å². The zero-order valence-electron chi connectivity index (χ0n) is 18.6. The van der Waals surface area contributed by atoms with Gasteiger partial charge in [-0.05, 0) is 5.92 Å². The van der Waals surface area contributed by atoms with Gasteiger partial charge in [0.15, 0.2) is 10.9 Å². The van der Waals surface area contributed by atoms with Gasteiger partial charge in [0.2, 0.25) is 0 Å². The summed E-state index contributed by atoms with van der Waals surface area (Å²) in [5.74, 6) is 0.246. The molecule has 0 unspecified atom stereocenters. The molecule has 0 atom stereocenters. The third kappa shape index (κ3) is 4.66. The maximum Gasteiger partial charge on any atom is 0.439 e. The van der Waals surface area contributed by atoms with Gasteiger partial charge in [0.25, 0.3) is 5.56 Å². The minimum Gasteiger partial charge on any atom is -0.406 e. The van der Waals surface area contributed by atoms with Crippen LogP contribution in [0.3, 0.4) is 0 Å². The lowest BCUT2D eigenvalue weighted by Crippen LogP contribution is -2.38. The molecular formula is C19H23Cl2N5O6S. The summed E-state index contributed by atoms with van der Waals surface area (Å²) in [7, 11) is 4.00. The van der Waals surface area contributed by atoms with Crippen LogP contribution in [0.15, 0.2) is 9.59 Å². The van der Waals surface area contributed by atoms with Gasteiger partial charge < -0.3 is 14.4 Å². The van der Waals surface area contributed by atoms with Gasteiger partial charge in [-0.15, -0.1) is 11.3 Å². The standard InChI is InChI=1S/C19H23Cl2N5O6S/c1-9(2)6-26-17-12(16(28)23(3)18(26)29)13(32-19(30)24(4)31-5)10(33-17)7-25-11(8-27)22-14(20)15(25)21/h9,27H,6-8H2,1-5H3. The molecule has 0 saturated heterocycles. The molecule has 0 bridgehead atoms. The van der Waals surface area contributed by atoms with Gasteiger partial charge in [0.05, 0.1) is 18.5 Å². The van der Waals surface area contributed by atoms with Gasteiger partial charge in [0, 0.05) is 20.6 Å². The number of hydroxylamine groups is 2. The Kier molecular flexibility index (Phi) is 7.54. The largest absolute Gasteiger partial charge is 0.439 e. The quantitative estimate of drug-likeness (QED) is 0.475. The number of aliphatic hydroxyl groups is 1. The van der Waals surface area contributed by atoms with Crippen molar-refractivity contribution >= 4 is 50.8 Å². The first-order chi connectivity index (χ1) is 15.5. The van der Waals surface area contributed by atoms with Crippen LogP contribution in [0.25, 0.3) is 10.2 Å². The number of carbonyl (C=O) groups is 1. The highest BCUT2D eigenvalue weighted by molar-refractivity contribution is 7.19. The summed E-state index contributed by atoms with van der Waals surface area (Å²) in [6.45, 7) is 3.75. The van der Waals surface area contributed by atoms with Crippen LogP contribution >= 0.6 is 34.5 Å². The molecule has 0 fully saturated rings. The van der Waals surface area contributed by atoms with Crippen LogP contribution in [0.5, 0.6) is 5.75 Å². The molecule has 0 aliphatic rings. The molecule has 3 rings (SSSR count). The number of rotatable bonds is 7. The summed E-state index contributed by atoms with van der Waals surface area (Å²) in [5, 5.41) is 10.6. The lowest BCUT2D eigenvalue weighted by Gasteiger charge is -2.15. The highest BCUT2D eigenvalue weighted by atomic mass is 35.5. The van der Waals surface area contributed by atoms with E-state index in [0.717, 1.165) is 21.0 Å². The second-order valence-electron chi connectivity index (χ2n) is 7.59. The van der Waals surface area contributed by atoms with Gasteiger partial charge in [0.1, 0.15) is 27.8 Å². The molecule has 11 nitrogen and oxygen atoms in total. The van der Waals surface area contributed by atoms with Crippen molar-refractivity contribution in [3.63, 3.8) is 0 Å². The number of imidazole rings is 1. The first-order valence-corrected chi connectivity index (χ1v) is 11.3. The number of carbonyl (C=O) groups excluding carboxylic acids is 1. The van der Waals surface area contributed by atoms with Gasteiger partial charge in [-0.25, -0.2) is 14.6 Å². The molecule has 0 radical (unpaired) electrons. The van der Waals surface area contributed by atoms with Crippen molar-refractivity contribution < 1.29 is 19.5 Å². The molecule has 0 saturated carbocycles. The third-order valence-electron chi connectivity index (χ3n) is 4.85. The summed E-state index contributed by atoms with van der Waals surface area (Å²) in [5.41, 5.74) is -1.10. The number of thiophene rings is 1. The van der Waals surface area contributed by atoms with Crippen LogP contribution in [0.4, 0.5) is 4.79 Å². The topological polar surface area (TPSA) is 121 Å². The number of ether oxygens (including phenoxy) is 1. The Labute approximate surface area is 202 Å². The second kappa shape index (κ2) is 9.85. The van der Waals surface area contributed by atoms with E-state index in [9.17, 15) is 19.5 Å². The first-order valence-electron chi connectivity index (χ1n) is 9.77. The summed E-state index contributed by atoms with van der Waals surface area (Å²) in [4.78, 5) is 48.1. The lowest BCUT2D eigenvalue weighted by molar-refractivity contribution is -0.0789. The highest BCUT2D eigenvalue weighted by Gasteiger charge is 2.27. The van der Waals surface area contributed by atoms with Gasteiger partial charge >= 0.3 is 11.8 Å². The summed E-state index contributed by atoms with van der Waals surface area (Å²) < 4.78 is 9.43. The molecule has 1 N–H and O–H groups in total. The highest BCUT2D eigenvalue weighted by Crippen LogP contribution is 2.38. The minimum atomic E-state index is -0.876. The van der Waals surface area contributed by atoms with E-state index in [2.05, 4.69) is 4.98 Å². The van der Waals surface area contributed by atoms with E-state index in [1.54, 1.807) is 0 Å². The second-order valence-corrected chi connectivity index (χ2v) is 9.39. The minimum absolute atomic E-state index is 0.00730. The van der Waals surface area contributed by atoms with Crippen molar-refractivity contribution in [1.29, 1.82) is 0 Å². The van der Waals surface area contributed by atoms with E-state index in [1.165, 1.54) is 30.3 Å². The maximum atomic E-state index is 13.1. The van der Waals surface area contributed by atoms with E-state index in [0.29, 0.717) is 16.3 Å². The van der Waals surface area contributed by atoms with Crippen molar-refractivity contribution in [3.05, 3.63) is 41.8 Å². The molecule has 0 aromatic carbocycles. The number of aromatic nitrogens is 4. The average Bonchev–Trinajstić information content (AvgIpc) is 3.26. The molecule has 1 amide bonds. The molecular weight excluding hydrogens is 497 g/mol. The molecule has 0 aliphatic heterocycles. The Bertz CT molecular complexity index is 1330. The van der Waals surface area contributed by atoms with Crippen LogP contribution in [-0.2, 0) is 31.6 Å². The molecule has 3 aromatic rings. The lowest BCUT2D eigenvalue weighted by atomic mass is 10.2. The number of hydrogen-bond acceptors (Lipinski definition) is 8. The number of fused-ring (bicyclic) bond motifs is 1. The number of amides is 1. The van der Waals surface area contributed by atoms with Gasteiger partial charge in [-0.3, -0.25) is 18.8 Å². The fraction of sp³-hybridized carbons (Fsp3) is 0.474. The monoisotopic (exact) mass is 519 g/mol. The predicted octanol–water partition coefficient (Wildman–Crippen LogP) is 2.45. The van der Waals surface area contributed by atoms with Crippen LogP contribution in [0.1, 0.15) is 24.5 Å². The molecule has 0 spiro atoms. The van der Waals surface area contributed by atoms with E-state index in [1.807, 2.05) is 13.8 Å². The number of nitrogens with zero attached hydrogens (tertiary/aromatic N) is 5. The van der Waals surface area contributed by atoms with Crippen LogP contribution < -0.4 is 16.0 Å². The normalized spacial score (nSPS) is 11.5. The van der Waals surface area contributed by atoms with Crippen molar-refractivity contribution in [2.75, 3.05) is 14.2 Å². The fourth-order valence-corrected chi connectivity index (χ4v) is 4.79. The van der Waals surface area contributed by atoms with Crippen molar-refractivity contribution in [3.8, 4) is 5.75 Å². The van der Waals surface area contributed by atoms with E-state index in [-0.39, 0.29) is 39.7 Å². The van der Waals surface area contributed by atoms with E-state index >= 15 is 0 Å². The SMILES string of the molecule is CON(C)C(=O)Oc1c(Cn2c(CO)nc(Cl)c2Cl)sc2c1c(=O)n(C)c(=O)n2CC(C)C. The number of aliphatic hydroxyl groups excluding tert-OH is 1. The van der Waals surface area contributed by atoms with Crippen LogP contribution in [0.2, 0.25) is 10.3 Å². The molecule has 180 valence electrons. The zero-order valence-corrected chi connectivity index (χ0v) is 20.9. The van der Waals surface area contributed by atoms with E-state index in [4.69, 9.17) is 32.8 Å². The van der Waals surface area contributed by atoms with Gasteiger partial charge in [-0.1, -0.05) is 37.0 Å². The number of hydrogen-bond donors (Lipinski definition) is 1. The number of halogens is 2. The Morgan fingerprint density at radius 1 is 1.27 bits per heavy atom. The average molecular weight is 520 g/mol. The maximum absolute atomic E-state index is 13.1. The van der Waals surface area contributed by atoms with Crippen LogP contribution in [-0.4, -0.2) is 49.1 Å². The Hall–Kier alpha value is -2.38. The van der Waals surface area contributed by atoms with Gasteiger partial charge in [-0.2, -0.15) is 5.06 Å². The zero-order chi connectivity index (χ0) is 24.6. The smallest absolute Gasteiger partial charge is 0.406 e. The summed E-state index contributed by atoms with van der Waals surface area (Å²) in [6.07, 6.45) is -0.876. The van der Waals surface area contributed by atoms with E-state index < -0.39 is 23.9 Å². The van der Waals surface area contributed by atoms with Crippen molar-refractivity contribution in [2.45, 2.75) is 33.5 Å². The summed E-state index contributed by atoms with van der Waals surface area (Å²) in [6, 6.07) is 0. The van der Waals surface area contributed by atoms with Crippen LogP contribution in [0, 0.1) is 5.92 Å². The third-order valence-corrected chi connectivity index (χ3v) is 6.77. The van der Waals surface area contributed by atoms with Crippen molar-refractivity contribution in [1.82, 2.24) is 23.7 Å². The molecule has 33 heavy (non-hydrogen) atoms. The first kappa shape index (κ1) is 25.2. The Morgan fingerprint density at radius 2 is 1.94 bits per heavy atom. The Balaban J connectivity index is 2.33. The predicted molar refractivity (Wildman–Crippen MR) is 124 cm³/mol. The molecule has 3 heterocycles. The molecule has 0 aliphatic carbocycles. The molecule has 3 aromatic heterocycles. The summed E-state index contributed by atoms with van der Waals surface area (Å²) >= 11 is 13.4.